The molecule has 1 atom stereocenters. The Morgan fingerprint density at radius 1 is 1.15 bits per heavy atom. The zero-order chi connectivity index (χ0) is 18.3. The maximum Gasteiger partial charge on any atom is 0.101 e. The molecule has 1 unspecified atom stereocenters. The Kier molecular flexibility index (Phi) is 4.30. The predicted molar refractivity (Wildman–Crippen MR) is 104 cm³/mol. The summed E-state index contributed by atoms with van der Waals surface area (Å²) in [5.41, 5.74) is 6.06. The lowest BCUT2D eigenvalue weighted by molar-refractivity contribution is 0.459. The summed E-state index contributed by atoms with van der Waals surface area (Å²) in [6.07, 6.45) is 2.49. The standard InChI is InChI=1S/C22H20ClN3/c1-14-21(18-10-11-19(13-24)20(23)12-18)15(2)26(25-14)22(17-8-9-17)16-6-4-3-5-7-16/h3-7,10-12,17,22H,8-9H2,1-2H3. The summed E-state index contributed by atoms with van der Waals surface area (Å²) in [7, 11) is 0. The van der Waals surface area contributed by atoms with Gasteiger partial charge in [0, 0.05) is 11.3 Å². The molecule has 0 N–H and O–H groups in total. The SMILES string of the molecule is Cc1nn(C(c2ccccc2)C2CC2)c(C)c1-c1ccc(C#N)c(Cl)c1. The second kappa shape index (κ2) is 6.63. The van der Waals surface area contributed by atoms with Gasteiger partial charge in [-0.15, -0.1) is 0 Å². The minimum absolute atomic E-state index is 0.275. The number of hydrogen-bond donors (Lipinski definition) is 0. The summed E-state index contributed by atoms with van der Waals surface area (Å²) < 4.78 is 2.18. The molecule has 3 aromatic rings. The predicted octanol–water partition coefficient (Wildman–Crippen LogP) is 5.69. The summed E-state index contributed by atoms with van der Waals surface area (Å²) >= 11 is 6.26. The minimum Gasteiger partial charge on any atom is -0.261 e. The van der Waals surface area contributed by atoms with E-state index in [0.29, 0.717) is 16.5 Å². The Morgan fingerprint density at radius 3 is 2.50 bits per heavy atom. The van der Waals surface area contributed by atoms with Crippen molar-refractivity contribution in [2.24, 2.45) is 5.92 Å². The van der Waals surface area contributed by atoms with Crippen molar-refractivity contribution in [3.05, 3.63) is 76.1 Å². The van der Waals surface area contributed by atoms with E-state index in [1.54, 1.807) is 6.07 Å². The van der Waals surface area contributed by atoms with Crippen molar-refractivity contribution in [3.8, 4) is 17.2 Å². The van der Waals surface area contributed by atoms with Gasteiger partial charge in [-0.25, -0.2) is 0 Å². The van der Waals surface area contributed by atoms with Gasteiger partial charge in [0.1, 0.15) is 6.07 Å². The average molecular weight is 362 g/mol. The van der Waals surface area contributed by atoms with E-state index in [1.165, 1.54) is 18.4 Å². The Balaban J connectivity index is 1.82. The van der Waals surface area contributed by atoms with Gasteiger partial charge in [0.2, 0.25) is 0 Å². The first-order valence-electron chi connectivity index (χ1n) is 8.91. The van der Waals surface area contributed by atoms with Gasteiger partial charge in [0.15, 0.2) is 0 Å². The molecule has 1 aliphatic carbocycles. The molecular formula is C22H20ClN3. The van der Waals surface area contributed by atoms with E-state index in [-0.39, 0.29) is 6.04 Å². The van der Waals surface area contributed by atoms with Gasteiger partial charge in [-0.1, -0.05) is 48.0 Å². The normalized spacial score (nSPS) is 14.8. The van der Waals surface area contributed by atoms with Crippen molar-refractivity contribution in [2.75, 3.05) is 0 Å². The highest BCUT2D eigenvalue weighted by Crippen LogP contribution is 2.45. The minimum atomic E-state index is 0.275. The Bertz CT molecular complexity index is 994. The number of nitriles is 1. The highest BCUT2D eigenvalue weighted by Gasteiger charge is 2.35. The van der Waals surface area contributed by atoms with Crippen molar-refractivity contribution >= 4 is 11.6 Å². The fraction of sp³-hybridized carbons (Fsp3) is 0.273. The Labute approximate surface area is 158 Å². The molecule has 4 heteroatoms. The molecule has 26 heavy (non-hydrogen) atoms. The number of aromatic nitrogens is 2. The van der Waals surface area contributed by atoms with E-state index in [4.69, 9.17) is 22.0 Å². The average Bonchev–Trinajstić information content (AvgIpc) is 3.42. The topological polar surface area (TPSA) is 41.6 Å². The van der Waals surface area contributed by atoms with Crippen LogP contribution >= 0.6 is 11.6 Å². The summed E-state index contributed by atoms with van der Waals surface area (Å²) in [6, 6.07) is 18.6. The summed E-state index contributed by atoms with van der Waals surface area (Å²) in [4.78, 5) is 0. The lowest BCUT2D eigenvalue weighted by Crippen LogP contribution is -2.16. The maximum absolute atomic E-state index is 9.11. The number of halogens is 1. The molecule has 1 saturated carbocycles. The molecule has 0 radical (unpaired) electrons. The number of nitrogens with zero attached hydrogens (tertiary/aromatic N) is 3. The molecule has 1 fully saturated rings. The van der Waals surface area contributed by atoms with E-state index >= 15 is 0 Å². The highest BCUT2D eigenvalue weighted by atomic mass is 35.5. The molecule has 0 amide bonds. The molecule has 1 heterocycles. The molecule has 0 bridgehead atoms. The zero-order valence-electron chi connectivity index (χ0n) is 14.9. The second-order valence-corrected chi connectivity index (χ2v) is 7.40. The van der Waals surface area contributed by atoms with Gasteiger partial charge in [-0.2, -0.15) is 10.4 Å². The zero-order valence-corrected chi connectivity index (χ0v) is 15.7. The fourth-order valence-electron chi connectivity index (χ4n) is 3.79. The van der Waals surface area contributed by atoms with E-state index < -0.39 is 0 Å². The smallest absolute Gasteiger partial charge is 0.101 e. The lowest BCUT2D eigenvalue weighted by atomic mass is 10.00. The van der Waals surface area contributed by atoms with Crippen LogP contribution in [0.3, 0.4) is 0 Å². The molecule has 130 valence electrons. The Morgan fingerprint density at radius 2 is 1.88 bits per heavy atom. The third kappa shape index (κ3) is 2.91. The third-order valence-electron chi connectivity index (χ3n) is 5.18. The van der Waals surface area contributed by atoms with Gasteiger partial charge in [0.05, 0.1) is 22.3 Å². The fourth-order valence-corrected chi connectivity index (χ4v) is 4.01. The van der Waals surface area contributed by atoms with Crippen LogP contribution in [0, 0.1) is 31.1 Å². The molecule has 0 spiro atoms. The van der Waals surface area contributed by atoms with Crippen molar-refractivity contribution in [1.29, 1.82) is 5.26 Å². The van der Waals surface area contributed by atoms with Crippen LogP contribution in [0.2, 0.25) is 5.02 Å². The highest BCUT2D eigenvalue weighted by molar-refractivity contribution is 6.32. The monoisotopic (exact) mass is 361 g/mol. The van der Waals surface area contributed by atoms with E-state index in [1.807, 2.05) is 19.1 Å². The third-order valence-corrected chi connectivity index (χ3v) is 5.49. The largest absolute Gasteiger partial charge is 0.261 e. The van der Waals surface area contributed by atoms with Crippen molar-refractivity contribution in [3.63, 3.8) is 0 Å². The summed E-state index contributed by atoms with van der Waals surface area (Å²) in [5, 5.41) is 14.5. The number of aryl methyl sites for hydroxylation is 1. The number of hydrogen-bond acceptors (Lipinski definition) is 2. The molecule has 1 aromatic heterocycles. The maximum atomic E-state index is 9.11. The van der Waals surface area contributed by atoms with Crippen LogP contribution < -0.4 is 0 Å². The number of benzene rings is 2. The molecular weight excluding hydrogens is 342 g/mol. The summed E-state index contributed by atoms with van der Waals surface area (Å²) in [6.45, 7) is 4.17. The van der Waals surface area contributed by atoms with Gasteiger partial charge < -0.3 is 0 Å². The number of rotatable bonds is 4. The molecule has 4 rings (SSSR count). The van der Waals surface area contributed by atoms with Crippen LogP contribution in [-0.4, -0.2) is 9.78 Å². The molecule has 0 saturated heterocycles. The molecule has 2 aromatic carbocycles. The van der Waals surface area contributed by atoms with Crippen LogP contribution in [0.5, 0.6) is 0 Å². The van der Waals surface area contributed by atoms with Gasteiger partial charge in [-0.05, 0) is 55.9 Å². The van der Waals surface area contributed by atoms with E-state index in [0.717, 1.165) is 22.5 Å². The van der Waals surface area contributed by atoms with Gasteiger partial charge >= 0.3 is 0 Å². The first-order valence-corrected chi connectivity index (χ1v) is 9.28. The lowest BCUT2D eigenvalue weighted by Gasteiger charge is -2.19. The van der Waals surface area contributed by atoms with Gasteiger partial charge in [-0.3, -0.25) is 4.68 Å². The quantitative estimate of drug-likeness (QED) is 0.598. The van der Waals surface area contributed by atoms with Crippen LogP contribution in [0.4, 0.5) is 0 Å². The van der Waals surface area contributed by atoms with E-state index in [9.17, 15) is 0 Å². The van der Waals surface area contributed by atoms with Crippen LogP contribution in [0.1, 0.15) is 41.4 Å². The Hall–Kier alpha value is -2.57. The van der Waals surface area contributed by atoms with Crippen LogP contribution in [0.15, 0.2) is 48.5 Å². The van der Waals surface area contributed by atoms with E-state index in [2.05, 4.69) is 48.0 Å². The van der Waals surface area contributed by atoms with Crippen LogP contribution in [0.25, 0.3) is 11.1 Å². The van der Waals surface area contributed by atoms with Crippen molar-refractivity contribution in [1.82, 2.24) is 9.78 Å². The molecule has 0 aliphatic heterocycles. The molecule has 1 aliphatic rings. The molecule has 3 nitrogen and oxygen atoms in total. The van der Waals surface area contributed by atoms with Crippen LogP contribution in [-0.2, 0) is 0 Å². The first-order chi connectivity index (χ1) is 12.6. The second-order valence-electron chi connectivity index (χ2n) is 6.99. The first kappa shape index (κ1) is 16.9. The van der Waals surface area contributed by atoms with Gasteiger partial charge in [0.25, 0.3) is 0 Å². The van der Waals surface area contributed by atoms with Crippen molar-refractivity contribution in [2.45, 2.75) is 32.7 Å². The van der Waals surface area contributed by atoms with Crippen molar-refractivity contribution < 1.29 is 0 Å². The summed E-state index contributed by atoms with van der Waals surface area (Å²) in [5.74, 6) is 0.646.